The highest BCUT2D eigenvalue weighted by Gasteiger charge is 2.43. The molecule has 0 radical (unpaired) electrons. The van der Waals surface area contributed by atoms with Crippen molar-refractivity contribution in [2.45, 2.75) is 141 Å². The number of alkyl halides is 1. The molecule has 8 aromatic heterocycles. The minimum absolute atomic E-state index is 0.0773. The van der Waals surface area contributed by atoms with E-state index in [2.05, 4.69) is 76.5 Å². The summed E-state index contributed by atoms with van der Waals surface area (Å²) in [6.45, 7) is 25.6. The second kappa shape index (κ2) is 46.3. The number of piperidine rings is 1. The van der Waals surface area contributed by atoms with Gasteiger partial charge in [-0.2, -0.15) is 20.4 Å². The Morgan fingerprint density at radius 1 is 0.347 bits per heavy atom. The Morgan fingerprint density at radius 2 is 0.633 bits per heavy atom. The molecule has 7 aliphatic heterocycles. The van der Waals surface area contributed by atoms with Crippen LogP contribution in [0.5, 0.6) is 0 Å². The van der Waals surface area contributed by atoms with E-state index >= 15 is 0 Å². The molecule has 7 aliphatic rings. The van der Waals surface area contributed by atoms with Crippen LogP contribution in [-0.4, -0.2) is 254 Å². The van der Waals surface area contributed by atoms with Gasteiger partial charge in [-0.05, 0) is 175 Å². The van der Waals surface area contributed by atoms with E-state index in [1.807, 2.05) is 27.7 Å². The minimum Gasteiger partial charge on any atom is -0.357 e. The summed E-state index contributed by atoms with van der Waals surface area (Å²) in [5.74, 6) is -4.77. The van der Waals surface area contributed by atoms with Crippen molar-refractivity contribution in [1.82, 2.24) is 109 Å². The fourth-order valence-electron chi connectivity index (χ4n) is 20.3. The molecule has 0 spiro atoms. The lowest BCUT2D eigenvalue weighted by molar-refractivity contribution is -0.130. The molecule has 36 nitrogen and oxygen atoms in total. The van der Waals surface area contributed by atoms with Crippen molar-refractivity contribution < 1.29 is 75.1 Å². The van der Waals surface area contributed by atoms with Crippen molar-refractivity contribution in [3.8, 4) is 0 Å². The second-order valence-corrected chi connectivity index (χ2v) is 38.5. The van der Waals surface area contributed by atoms with Gasteiger partial charge in [0.05, 0.1) is 58.4 Å². The zero-order valence-electron chi connectivity index (χ0n) is 82.9. The summed E-state index contributed by atoms with van der Waals surface area (Å²) in [7, 11) is 0. The monoisotopic (exact) mass is 2060 g/mol. The molecule has 20 rings (SSSR count). The first-order valence-corrected chi connectivity index (χ1v) is 49.9. The Labute approximate surface area is 865 Å². The number of halogens is 5. The van der Waals surface area contributed by atoms with Gasteiger partial charge in [0.1, 0.15) is 51.9 Å². The summed E-state index contributed by atoms with van der Waals surface area (Å²) in [5.41, 5.74) is 13.5. The molecule has 3 saturated heterocycles. The average Bonchev–Trinajstić information content (AvgIpc) is 1.62. The van der Waals surface area contributed by atoms with Gasteiger partial charge in [-0.25, -0.2) is 17.6 Å². The molecular formula is C109H113ClF4N24O12. The molecule has 9 N–H and O–H groups in total. The topological polar surface area (TPSA) is 422 Å². The number of nitrogens with zero attached hydrogens (tertiary/aromatic N) is 15. The highest BCUT2D eigenvalue weighted by molar-refractivity contribution is 6.29. The molecular weight excluding hydrogens is 1950 g/mol. The van der Waals surface area contributed by atoms with Gasteiger partial charge in [-0.3, -0.25) is 76.3 Å². The molecule has 41 heteroatoms. The van der Waals surface area contributed by atoms with Gasteiger partial charge in [-0.1, -0.05) is 102 Å². The van der Waals surface area contributed by atoms with Gasteiger partial charge >= 0.3 is 0 Å². The third-order valence-electron chi connectivity index (χ3n) is 27.4. The number of carbonyl (C=O) groups excluding carboxylic acids is 12. The van der Waals surface area contributed by atoms with Crippen LogP contribution in [0.1, 0.15) is 222 Å². The number of hydrogen-bond acceptors (Lipinski definition) is 16. The van der Waals surface area contributed by atoms with E-state index in [9.17, 15) is 75.1 Å². The molecule has 6 atom stereocenters. The van der Waals surface area contributed by atoms with E-state index in [0.29, 0.717) is 154 Å². The van der Waals surface area contributed by atoms with Crippen LogP contribution in [-0.2, 0) is 71.5 Å². The quantitative estimate of drug-likeness (QED) is 0.0146. The van der Waals surface area contributed by atoms with E-state index < -0.39 is 5.91 Å². The summed E-state index contributed by atoms with van der Waals surface area (Å²) in [5, 5.41) is 33.3. The van der Waals surface area contributed by atoms with Gasteiger partial charge < -0.3 is 80.8 Å². The zero-order chi connectivity index (χ0) is 106. The number of amides is 12. The number of benzene rings is 5. The number of hydrogen-bond donors (Lipinski definition) is 9. The molecule has 0 aliphatic carbocycles. The summed E-state index contributed by atoms with van der Waals surface area (Å²) in [6, 6.07) is 44.8. The summed E-state index contributed by atoms with van der Waals surface area (Å²) in [6.07, 6.45) is 12.8. The van der Waals surface area contributed by atoms with Crippen LogP contribution in [0.3, 0.4) is 0 Å². The Kier molecular flexibility index (Phi) is 32.2. The zero-order valence-corrected chi connectivity index (χ0v) is 83.7. The van der Waals surface area contributed by atoms with Gasteiger partial charge in [0.2, 0.25) is 23.6 Å². The number of carbonyl (C=O) groups is 12. The van der Waals surface area contributed by atoms with Crippen LogP contribution < -0.4 is 26.6 Å². The Balaban J connectivity index is 0.000000136. The average molecular weight is 2060 g/mol. The van der Waals surface area contributed by atoms with Crippen molar-refractivity contribution in [2.75, 3.05) is 82.0 Å². The molecule has 0 bridgehead atoms. The molecule has 776 valence electrons. The van der Waals surface area contributed by atoms with E-state index in [0.717, 1.165) is 57.9 Å². The highest BCUT2D eigenvalue weighted by atomic mass is 35.5. The SMILES string of the molecule is C=CC(=O)N1CC(NC(=O)c2nn(Cc3ccc(F)cc3)c3c2CN(C(=O)c2ccc[nH]2)C[C@H]3C)C1.C=CC(=O)N1CCC(NC(=O)c2nn(Cc3ccc(F)cc3)c3c2CN(C(=O)c2ccc[nH]2)C[C@H]3C)C1.C=CC(=O)N1CCCC(NC(=O)c2nn(Cc3ccc(F)cc3)c3c2CN(C(=O)c2ccc[nH]2)C[C@H]3C)C1.C[C@@H]1CN(C(=O)c2ccc[nH]2)Cc2c(C(=O)Nc3cccc(NC(=O)CCl)c3)nn(Cc3ccc(F)cc3)c21. The minimum atomic E-state index is -0.453. The van der Waals surface area contributed by atoms with Crippen molar-refractivity contribution in [1.29, 1.82) is 0 Å². The predicted molar refractivity (Wildman–Crippen MR) is 548 cm³/mol. The number of likely N-dealkylation sites (tertiary alicyclic amines) is 3. The fraction of sp³-hybridized carbons (Fsp3) is 0.303. The summed E-state index contributed by atoms with van der Waals surface area (Å²) >= 11 is 5.58. The maximum atomic E-state index is 13.6. The van der Waals surface area contributed by atoms with Gasteiger partial charge in [0.15, 0.2) is 22.8 Å². The summed E-state index contributed by atoms with van der Waals surface area (Å²) < 4.78 is 61.0. The van der Waals surface area contributed by atoms with Gasteiger partial charge in [-0.15, -0.1) is 11.6 Å². The smallest absolute Gasteiger partial charge is 0.276 e. The lowest BCUT2D eigenvalue weighted by atomic mass is 9.95. The van der Waals surface area contributed by atoms with E-state index in [-0.39, 0.29) is 185 Å². The van der Waals surface area contributed by atoms with Gasteiger partial charge in [0.25, 0.3) is 47.3 Å². The van der Waals surface area contributed by atoms with Crippen molar-refractivity contribution in [3.63, 3.8) is 0 Å². The first kappa shape index (κ1) is 104. The Bertz CT molecular complexity index is 7200. The van der Waals surface area contributed by atoms with E-state index in [1.54, 1.807) is 199 Å². The van der Waals surface area contributed by atoms with Crippen LogP contribution in [0.25, 0.3) is 0 Å². The predicted octanol–water partition coefficient (Wildman–Crippen LogP) is 12.6. The highest BCUT2D eigenvalue weighted by Crippen LogP contribution is 2.39. The molecule has 13 aromatic rings. The molecule has 12 amide bonds. The number of nitrogens with one attached hydrogen (secondary N) is 9. The third-order valence-corrected chi connectivity index (χ3v) is 27.6. The number of aromatic amines is 4. The first-order valence-electron chi connectivity index (χ1n) is 49.3. The number of fused-ring (bicyclic) bond motifs is 4. The molecule has 150 heavy (non-hydrogen) atoms. The Hall–Kier alpha value is -17.1. The van der Waals surface area contributed by atoms with Crippen molar-refractivity contribution in [3.05, 3.63) is 369 Å². The lowest BCUT2D eigenvalue weighted by Crippen LogP contribution is -2.60. The number of anilines is 2. The number of H-pyrrole nitrogens is 4. The van der Waals surface area contributed by atoms with E-state index in [1.165, 1.54) is 66.8 Å². The van der Waals surface area contributed by atoms with Crippen LogP contribution in [0.4, 0.5) is 28.9 Å². The first-order chi connectivity index (χ1) is 72.3. The largest absolute Gasteiger partial charge is 0.357 e. The van der Waals surface area contributed by atoms with E-state index in [4.69, 9.17) is 21.8 Å². The van der Waals surface area contributed by atoms with Crippen molar-refractivity contribution >= 4 is 93.9 Å². The molecule has 5 aromatic carbocycles. The fourth-order valence-corrected chi connectivity index (χ4v) is 20.4. The maximum Gasteiger partial charge on any atom is 0.276 e. The maximum absolute atomic E-state index is 13.6. The second-order valence-electron chi connectivity index (χ2n) is 38.3. The molecule has 15 heterocycles. The number of rotatable bonds is 25. The lowest BCUT2D eigenvalue weighted by Gasteiger charge is -2.38. The van der Waals surface area contributed by atoms with Crippen molar-refractivity contribution in [2.24, 2.45) is 0 Å². The normalized spacial score (nSPS) is 17.5. The van der Waals surface area contributed by atoms with Crippen LogP contribution >= 0.6 is 11.6 Å². The van der Waals surface area contributed by atoms with Crippen LogP contribution in [0.2, 0.25) is 0 Å². The van der Waals surface area contributed by atoms with Gasteiger partial charge in [0, 0.05) is 182 Å². The Morgan fingerprint density at radius 3 is 0.940 bits per heavy atom. The molecule has 0 saturated carbocycles. The van der Waals surface area contributed by atoms with Crippen LogP contribution in [0.15, 0.2) is 233 Å². The third kappa shape index (κ3) is 23.9. The standard InChI is InChI=1S/C28H26ClFN6O3.C28H31FN6O3.C27H29FN6O3.C26H27FN6O3/c1-17-14-35(28(39)23-6-3-11-31-23)16-22-25(34-36(26(17)22)15-18-7-9-19(30)10-8-18)27(38)33-21-5-2-4-20(12-21)32-24(37)13-29;1-3-24(36)33-13-5-6-21(16-33)31-27(37)25-22-17-34(28(38)23-7-4-12-30-23)14-18(2)26(22)35(32-25)15-19-8-10-20(29)11-9-19;1-3-23(35)32-12-10-20(15-32)30-26(36)24-21-16-33(27(37)22-5-4-11-29-22)13-17(2)25(21)34(31-24)14-18-6-8-19(28)9-7-18;1-3-22(34)31-13-19(14-31)29-25(35)23-20-15-32(26(36)21-5-4-10-28-21)11-16(2)24(20)33(30-23)12-17-6-8-18(27)9-7-17/h2-12,17,31H,13-16H2,1H3,(H,32,37)(H,33,38);3-4,7-12,18,21,30H,1,5-6,13-17H2,2H3,(H,31,37);3-9,11,17,20,29H,1,10,12-16H2,2H3,(H,30,36);3-10,16,19,28H,1,11-15H2,2H3,(H,29,35)/t17-;18-,21?;17-,20?;16-/m1111/s1. The molecule has 2 unspecified atom stereocenters. The van der Waals surface area contributed by atoms with Crippen LogP contribution in [0, 0.1) is 23.3 Å². The molecule has 3 fully saturated rings. The summed E-state index contributed by atoms with van der Waals surface area (Å²) in [4.78, 5) is 178. The number of aromatic nitrogens is 12.